The SMILES string of the molecule is CC[C@@H]1CN(Cc2nc3ccccc3c(=O)[nH]2)CCN1C[C@H](C)O. The number of β-amino-alcohol motifs (C(OH)–C–C–N with tert-alkyl or cyclic N) is 1. The van der Waals surface area contributed by atoms with Gasteiger partial charge < -0.3 is 10.1 Å². The molecule has 0 saturated carbocycles. The smallest absolute Gasteiger partial charge is 0.258 e. The quantitative estimate of drug-likeness (QED) is 0.862. The minimum absolute atomic E-state index is 0.0737. The summed E-state index contributed by atoms with van der Waals surface area (Å²) in [6.07, 6.45) is 0.745. The molecule has 0 bridgehead atoms. The highest BCUT2D eigenvalue weighted by atomic mass is 16.3. The van der Waals surface area contributed by atoms with E-state index in [9.17, 15) is 9.90 Å². The summed E-state index contributed by atoms with van der Waals surface area (Å²) < 4.78 is 0. The van der Waals surface area contributed by atoms with Crippen LogP contribution in [0.4, 0.5) is 0 Å². The summed E-state index contributed by atoms with van der Waals surface area (Å²) in [6.45, 7) is 8.17. The average molecular weight is 330 g/mol. The van der Waals surface area contributed by atoms with Gasteiger partial charge in [-0.2, -0.15) is 0 Å². The largest absolute Gasteiger partial charge is 0.392 e. The Balaban J connectivity index is 1.72. The molecule has 6 heteroatoms. The van der Waals surface area contributed by atoms with Crippen molar-refractivity contribution in [3.63, 3.8) is 0 Å². The maximum Gasteiger partial charge on any atom is 0.258 e. The van der Waals surface area contributed by atoms with Crippen LogP contribution in [0.15, 0.2) is 29.1 Å². The van der Waals surface area contributed by atoms with Crippen LogP contribution in [0.25, 0.3) is 10.9 Å². The molecular weight excluding hydrogens is 304 g/mol. The fraction of sp³-hybridized carbons (Fsp3) is 0.556. The summed E-state index contributed by atoms with van der Waals surface area (Å²) in [4.78, 5) is 24.4. The number of aliphatic hydroxyl groups is 1. The molecule has 2 heterocycles. The first-order chi connectivity index (χ1) is 11.6. The van der Waals surface area contributed by atoms with Crippen LogP contribution < -0.4 is 5.56 Å². The van der Waals surface area contributed by atoms with Gasteiger partial charge in [-0.05, 0) is 25.5 Å². The monoisotopic (exact) mass is 330 g/mol. The lowest BCUT2D eigenvalue weighted by Crippen LogP contribution is -2.54. The summed E-state index contributed by atoms with van der Waals surface area (Å²) in [7, 11) is 0. The van der Waals surface area contributed by atoms with Crippen molar-refractivity contribution in [3.8, 4) is 0 Å². The van der Waals surface area contributed by atoms with Crippen LogP contribution in [0.1, 0.15) is 26.1 Å². The topological polar surface area (TPSA) is 72.5 Å². The van der Waals surface area contributed by atoms with E-state index in [1.54, 1.807) is 6.07 Å². The van der Waals surface area contributed by atoms with Crippen LogP contribution >= 0.6 is 0 Å². The third-order valence-corrected chi connectivity index (χ3v) is 4.69. The molecule has 1 aromatic carbocycles. The molecule has 0 radical (unpaired) electrons. The van der Waals surface area contributed by atoms with Gasteiger partial charge in [-0.3, -0.25) is 14.6 Å². The first kappa shape index (κ1) is 17.1. The Hall–Kier alpha value is -1.76. The lowest BCUT2D eigenvalue weighted by molar-refractivity contribution is 0.0329. The van der Waals surface area contributed by atoms with Gasteiger partial charge in [-0.15, -0.1) is 0 Å². The zero-order valence-electron chi connectivity index (χ0n) is 14.4. The molecule has 3 rings (SSSR count). The summed E-state index contributed by atoms with van der Waals surface area (Å²) >= 11 is 0. The third kappa shape index (κ3) is 3.83. The zero-order valence-corrected chi connectivity index (χ0v) is 14.4. The number of aliphatic hydroxyl groups excluding tert-OH is 1. The van der Waals surface area contributed by atoms with Crippen molar-refractivity contribution in [1.82, 2.24) is 19.8 Å². The number of nitrogens with zero attached hydrogens (tertiary/aromatic N) is 3. The van der Waals surface area contributed by atoms with Crippen LogP contribution in [0.3, 0.4) is 0 Å². The molecule has 0 amide bonds. The van der Waals surface area contributed by atoms with Crippen molar-refractivity contribution in [2.75, 3.05) is 26.2 Å². The van der Waals surface area contributed by atoms with Gasteiger partial charge in [0.15, 0.2) is 0 Å². The van der Waals surface area contributed by atoms with Gasteiger partial charge in [0.1, 0.15) is 5.82 Å². The van der Waals surface area contributed by atoms with E-state index >= 15 is 0 Å². The highest BCUT2D eigenvalue weighted by Crippen LogP contribution is 2.15. The van der Waals surface area contributed by atoms with E-state index in [0.717, 1.165) is 43.9 Å². The molecule has 1 aliphatic rings. The molecule has 2 N–H and O–H groups in total. The summed E-state index contributed by atoms with van der Waals surface area (Å²) in [6, 6.07) is 7.86. The predicted octanol–water partition coefficient (Wildman–Crippen LogP) is 1.20. The Bertz CT molecular complexity index is 743. The number of hydrogen-bond acceptors (Lipinski definition) is 5. The van der Waals surface area contributed by atoms with Gasteiger partial charge in [0.05, 0.1) is 23.6 Å². The minimum atomic E-state index is -0.302. The molecular formula is C18H26N4O2. The molecule has 130 valence electrons. The number of aromatic nitrogens is 2. The van der Waals surface area contributed by atoms with Gasteiger partial charge in [0.2, 0.25) is 0 Å². The standard InChI is InChI=1S/C18H26N4O2/c1-3-14-11-21(8-9-22(14)10-13(2)23)12-17-19-16-7-5-4-6-15(16)18(24)20-17/h4-7,13-14,23H,3,8-12H2,1-2H3,(H,19,20,24)/t13-,14+/m0/s1. The van der Waals surface area contributed by atoms with Crippen molar-refractivity contribution in [3.05, 3.63) is 40.4 Å². The fourth-order valence-electron chi connectivity index (χ4n) is 3.49. The number of para-hydroxylation sites is 1. The number of piperazine rings is 1. The Labute approximate surface area is 142 Å². The van der Waals surface area contributed by atoms with Crippen molar-refractivity contribution >= 4 is 10.9 Å². The molecule has 0 unspecified atom stereocenters. The summed E-state index contributed by atoms with van der Waals surface area (Å²) in [5, 5.41) is 10.3. The van der Waals surface area contributed by atoms with Gasteiger partial charge in [0.25, 0.3) is 5.56 Å². The Morgan fingerprint density at radius 1 is 1.38 bits per heavy atom. The second-order valence-electron chi connectivity index (χ2n) is 6.67. The van der Waals surface area contributed by atoms with E-state index in [4.69, 9.17) is 0 Å². The number of hydrogen-bond donors (Lipinski definition) is 2. The number of benzene rings is 1. The molecule has 24 heavy (non-hydrogen) atoms. The van der Waals surface area contributed by atoms with Crippen molar-refractivity contribution in [2.24, 2.45) is 0 Å². The zero-order chi connectivity index (χ0) is 17.1. The Morgan fingerprint density at radius 2 is 2.17 bits per heavy atom. The highest BCUT2D eigenvalue weighted by Gasteiger charge is 2.26. The average Bonchev–Trinajstić information content (AvgIpc) is 2.56. The van der Waals surface area contributed by atoms with Crippen LogP contribution in [0, 0.1) is 0 Å². The van der Waals surface area contributed by atoms with E-state index in [1.165, 1.54) is 0 Å². The lowest BCUT2D eigenvalue weighted by Gasteiger charge is -2.41. The van der Waals surface area contributed by atoms with E-state index in [0.29, 0.717) is 18.0 Å². The summed E-state index contributed by atoms with van der Waals surface area (Å²) in [5.41, 5.74) is 0.673. The minimum Gasteiger partial charge on any atom is -0.392 e. The van der Waals surface area contributed by atoms with Gasteiger partial charge in [-0.1, -0.05) is 19.1 Å². The third-order valence-electron chi connectivity index (χ3n) is 4.69. The van der Waals surface area contributed by atoms with Crippen LogP contribution in [0.2, 0.25) is 0 Å². The van der Waals surface area contributed by atoms with Gasteiger partial charge in [0, 0.05) is 32.2 Å². The predicted molar refractivity (Wildman–Crippen MR) is 95.0 cm³/mol. The molecule has 1 aromatic heterocycles. The van der Waals surface area contributed by atoms with Crippen molar-refractivity contribution < 1.29 is 5.11 Å². The van der Waals surface area contributed by atoms with E-state index in [-0.39, 0.29) is 11.7 Å². The van der Waals surface area contributed by atoms with E-state index < -0.39 is 0 Å². The second-order valence-corrected chi connectivity index (χ2v) is 6.67. The molecule has 0 aliphatic carbocycles. The normalized spacial score (nSPS) is 21.2. The van der Waals surface area contributed by atoms with Gasteiger partial charge in [-0.25, -0.2) is 4.98 Å². The van der Waals surface area contributed by atoms with Crippen molar-refractivity contribution in [2.45, 2.75) is 39.0 Å². The Kier molecular flexibility index (Phi) is 5.28. The lowest BCUT2D eigenvalue weighted by atomic mass is 10.1. The second kappa shape index (κ2) is 7.42. The maximum atomic E-state index is 12.2. The molecule has 1 aliphatic heterocycles. The fourth-order valence-corrected chi connectivity index (χ4v) is 3.49. The number of aromatic amines is 1. The van der Waals surface area contributed by atoms with Crippen molar-refractivity contribution in [1.29, 1.82) is 0 Å². The summed E-state index contributed by atoms with van der Waals surface area (Å²) in [5.74, 6) is 0.720. The van der Waals surface area contributed by atoms with E-state index in [1.807, 2.05) is 25.1 Å². The number of rotatable bonds is 5. The molecule has 2 atom stereocenters. The van der Waals surface area contributed by atoms with Gasteiger partial charge >= 0.3 is 0 Å². The molecule has 1 fully saturated rings. The van der Waals surface area contributed by atoms with E-state index in [2.05, 4.69) is 26.7 Å². The molecule has 6 nitrogen and oxygen atoms in total. The number of nitrogens with one attached hydrogen (secondary N) is 1. The molecule has 0 spiro atoms. The van der Waals surface area contributed by atoms with Crippen LogP contribution in [-0.4, -0.2) is 63.2 Å². The molecule has 1 saturated heterocycles. The highest BCUT2D eigenvalue weighted by molar-refractivity contribution is 5.77. The number of fused-ring (bicyclic) bond motifs is 1. The van der Waals surface area contributed by atoms with Crippen LogP contribution in [-0.2, 0) is 6.54 Å². The first-order valence-electron chi connectivity index (χ1n) is 8.69. The Morgan fingerprint density at radius 3 is 2.92 bits per heavy atom. The number of H-pyrrole nitrogens is 1. The van der Waals surface area contributed by atoms with Crippen LogP contribution in [0.5, 0.6) is 0 Å². The first-order valence-corrected chi connectivity index (χ1v) is 8.69. The molecule has 2 aromatic rings. The maximum absolute atomic E-state index is 12.2.